The van der Waals surface area contributed by atoms with Crippen molar-refractivity contribution in [2.75, 3.05) is 11.9 Å². The van der Waals surface area contributed by atoms with Crippen LogP contribution in [0.25, 0.3) is 0 Å². The van der Waals surface area contributed by atoms with Crippen LogP contribution in [-0.2, 0) is 17.9 Å². The van der Waals surface area contributed by atoms with Gasteiger partial charge in [-0.2, -0.15) is 0 Å². The number of furan rings is 1. The maximum atomic E-state index is 11.6. The molecule has 5 nitrogen and oxygen atoms in total. The minimum atomic E-state index is -0.304. The number of hydrogen-bond donors (Lipinski definition) is 2. The molecule has 0 spiro atoms. The molecule has 0 fully saturated rings. The van der Waals surface area contributed by atoms with Gasteiger partial charge >= 0.3 is 5.97 Å². The predicted octanol–water partition coefficient (Wildman–Crippen LogP) is 2.95. The molecule has 0 aliphatic rings. The Kier molecular flexibility index (Phi) is 5.40. The monoisotopic (exact) mass is 289 g/mol. The minimum absolute atomic E-state index is 0.103. The summed E-state index contributed by atoms with van der Waals surface area (Å²) in [7, 11) is 0. The molecule has 0 aliphatic carbocycles. The maximum Gasteiger partial charge on any atom is 0.338 e. The normalized spacial score (nSPS) is 10.4. The van der Waals surface area contributed by atoms with E-state index in [1.807, 2.05) is 25.1 Å². The van der Waals surface area contributed by atoms with E-state index in [9.17, 15) is 4.79 Å². The number of ether oxygens (including phenoxy) is 1. The number of aliphatic hydroxyl groups is 1. The van der Waals surface area contributed by atoms with Gasteiger partial charge in [0.25, 0.3) is 0 Å². The van der Waals surface area contributed by atoms with Gasteiger partial charge in [-0.15, -0.1) is 0 Å². The maximum absolute atomic E-state index is 11.6. The molecule has 0 radical (unpaired) electrons. The molecule has 0 amide bonds. The average Bonchev–Trinajstić information content (AvgIpc) is 2.99. The van der Waals surface area contributed by atoms with Crippen LogP contribution < -0.4 is 5.32 Å². The number of anilines is 1. The zero-order chi connectivity index (χ0) is 15.1. The number of benzene rings is 1. The molecule has 0 aliphatic heterocycles. The number of aliphatic hydroxyl groups excluding tert-OH is 1. The summed E-state index contributed by atoms with van der Waals surface area (Å²) in [5, 5.41) is 12.1. The summed E-state index contributed by atoms with van der Waals surface area (Å²) >= 11 is 0. The molecule has 112 valence electrons. The van der Waals surface area contributed by atoms with Crippen LogP contribution in [0.1, 0.15) is 35.2 Å². The first-order chi connectivity index (χ1) is 10.2. The third-order valence-electron chi connectivity index (χ3n) is 2.90. The second-order valence-corrected chi connectivity index (χ2v) is 4.59. The highest BCUT2D eigenvalue weighted by atomic mass is 16.5. The average molecular weight is 289 g/mol. The Balaban J connectivity index is 1.88. The van der Waals surface area contributed by atoms with Crippen LogP contribution in [0.2, 0.25) is 0 Å². The number of hydrogen-bond acceptors (Lipinski definition) is 5. The number of esters is 1. The molecule has 0 unspecified atom stereocenters. The molecule has 0 saturated carbocycles. The van der Waals surface area contributed by atoms with Crippen molar-refractivity contribution in [3.63, 3.8) is 0 Å². The fourth-order valence-electron chi connectivity index (χ4n) is 1.79. The molecule has 0 bridgehead atoms. The lowest BCUT2D eigenvalue weighted by Gasteiger charge is -2.06. The molecule has 1 aromatic heterocycles. The fraction of sp³-hybridized carbons (Fsp3) is 0.312. The van der Waals surface area contributed by atoms with E-state index in [1.54, 1.807) is 18.2 Å². The number of rotatable bonds is 7. The van der Waals surface area contributed by atoms with Crippen LogP contribution in [0.4, 0.5) is 5.69 Å². The lowest BCUT2D eigenvalue weighted by atomic mass is 10.2. The van der Waals surface area contributed by atoms with Gasteiger partial charge in [-0.05, 0) is 42.8 Å². The third kappa shape index (κ3) is 4.36. The van der Waals surface area contributed by atoms with Gasteiger partial charge in [0.15, 0.2) is 0 Å². The van der Waals surface area contributed by atoms with E-state index in [0.717, 1.165) is 17.9 Å². The summed E-state index contributed by atoms with van der Waals surface area (Å²) in [5.74, 6) is 0.980. The number of carbonyl (C=O) groups excluding carboxylic acids is 1. The Morgan fingerprint density at radius 3 is 2.52 bits per heavy atom. The summed E-state index contributed by atoms with van der Waals surface area (Å²) in [4.78, 5) is 11.6. The van der Waals surface area contributed by atoms with E-state index in [2.05, 4.69) is 5.32 Å². The highest BCUT2D eigenvalue weighted by Gasteiger charge is 2.06. The van der Waals surface area contributed by atoms with E-state index in [1.165, 1.54) is 0 Å². The molecule has 1 aromatic carbocycles. The summed E-state index contributed by atoms with van der Waals surface area (Å²) in [5.41, 5.74) is 1.42. The quantitative estimate of drug-likeness (QED) is 0.767. The molecule has 0 saturated heterocycles. The van der Waals surface area contributed by atoms with Crippen LogP contribution in [0, 0.1) is 0 Å². The Labute approximate surface area is 123 Å². The van der Waals surface area contributed by atoms with E-state index < -0.39 is 0 Å². The van der Waals surface area contributed by atoms with E-state index in [-0.39, 0.29) is 12.6 Å². The summed E-state index contributed by atoms with van der Waals surface area (Å²) in [6, 6.07) is 10.6. The van der Waals surface area contributed by atoms with Gasteiger partial charge in [0, 0.05) is 5.69 Å². The zero-order valence-electron chi connectivity index (χ0n) is 12.0. The second kappa shape index (κ2) is 7.50. The van der Waals surface area contributed by atoms with Crippen LogP contribution >= 0.6 is 0 Å². The first kappa shape index (κ1) is 15.1. The van der Waals surface area contributed by atoms with Gasteiger partial charge in [-0.25, -0.2) is 4.79 Å². The van der Waals surface area contributed by atoms with Crippen molar-refractivity contribution in [2.24, 2.45) is 0 Å². The molecule has 2 aromatic rings. The summed E-state index contributed by atoms with van der Waals surface area (Å²) in [6.07, 6.45) is 0.810. The van der Waals surface area contributed by atoms with Crippen molar-refractivity contribution < 1.29 is 19.1 Å². The van der Waals surface area contributed by atoms with Crippen molar-refractivity contribution in [1.82, 2.24) is 0 Å². The molecule has 2 rings (SSSR count). The SMILES string of the molecule is CCCOC(=O)c1ccc(NCc2ccc(CO)o2)cc1. The van der Waals surface area contributed by atoms with Crippen LogP contribution in [-0.4, -0.2) is 17.7 Å². The molecular weight excluding hydrogens is 270 g/mol. The lowest BCUT2D eigenvalue weighted by molar-refractivity contribution is 0.0505. The Hall–Kier alpha value is -2.27. The zero-order valence-corrected chi connectivity index (χ0v) is 12.0. The Morgan fingerprint density at radius 1 is 1.19 bits per heavy atom. The van der Waals surface area contributed by atoms with Gasteiger partial charge < -0.3 is 19.6 Å². The molecule has 21 heavy (non-hydrogen) atoms. The largest absolute Gasteiger partial charge is 0.462 e. The van der Waals surface area contributed by atoms with Gasteiger partial charge in [0.1, 0.15) is 18.1 Å². The summed E-state index contributed by atoms with van der Waals surface area (Å²) < 4.78 is 10.4. The topological polar surface area (TPSA) is 71.7 Å². The van der Waals surface area contributed by atoms with Crippen molar-refractivity contribution in [3.8, 4) is 0 Å². The van der Waals surface area contributed by atoms with E-state index in [0.29, 0.717) is 24.5 Å². The van der Waals surface area contributed by atoms with Crippen molar-refractivity contribution in [2.45, 2.75) is 26.5 Å². The molecule has 5 heteroatoms. The number of carbonyl (C=O) groups is 1. The Bertz CT molecular complexity index is 574. The molecular formula is C16H19NO4. The number of nitrogens with one attached hydrogen (secondary N) is 1. The van der Waals surface area contributed by atoms with Gasteiger partial charge in [0.2, 0.25) is 0 Å². The van der Waals surface area contributed by atoms with Crippen LogP contribution in [0.5, 0.6) is 0 Å². The third-order valence-corrected chi connectivity index (χ3v) is 2.90. The standard InChI is InChI=1S/C16H19NO4/c1-2-9-20-16(19)12-3-5-13(6-4-12)17-10-14-7-8-15(11-18)21-14/h3-8,17-18H,2,9-11H2,1H3. The Morgan fingerprint density at radius 2 is 1.90 bits per heavy atom. The van der Waals surface area contributed by atoms with Crippen molar-refractivity contribution in [1.29, 1.82) is 0 Å². The van der Waals surface area contributed by atoms with Crippen molar-refractivity contribution in [3.05, 3.63) is 53.5 Å². The molecule has 1 heterocycles. The second-order valence-electron chi connectivity index (χ2n) is 4.59. The van der Waals surface area contributed by atoms with E-state index in [4.69, 9.17) is 14.3 Å². The smallest absolute Gasteiger partial charge is 0.338 e. The lowest BCUT2D eigenvalue weighted by Crippen LogP contribution is -2.06. The molecule has 0 atom stereocenters. The predicted molar refractivity (Wildman–Crippen MR) is 79.0 cm³/mol. The first-order valence-electron chi connectivity index (χ1n) is 6.92. The highest BCUT2D eigenvalue weighted by Crippen LogP contribution is 2.14. The molecule has 2 N–H and O–H groups in total. The van der Waals surface area contributed by atoms with Crippen LogP contribution in [0.3, 0.4) is 0 Å². The summed E-state index contributed by atoms with van der Waals surface area (Å²) in [6.45, 7) is 2.80. The minimum Gasteiger partial charge on any atom is -0.462 e. The fourth-order valence-corrected chi connectivity index (χ4v) is 1.79. The van der Waals surface area contributed by atoms with E-state index >= 15 is 0 Å². The van der Waals surface area contributed by atoms with Gasteiger partial charge in [-0.1, -0.05) is 6.92 Å². The van der Waals surface area contributed by atoms with Crippen LogP contribution in [0.15, 0.2) is 40.8 Å². The van der Waals surface area contributed by atoms with Crippen molar-refractivity contribution >= 4 is 11.7 Å². The van der Waals surface area contributed by atoms with Gasteiger partial charge in [-0.3, -0.25) is 0 Å². The van der Waals surface area contributed by atoms with Gasteiger partial charge in [0.05, 0.1) is 18.7 Å². The highest BCUT2D eigenvalue weighted by molar-refractivity contribution is 5.89. The first-order valence-corrected chi connectivity index (χ1v) is 6.92.